The maximum atomic E-state index is 5.94. The average molecular weight is 225 g/mol. The summed E-state index contributed by atoms with van der Waals surface area (Å²) in [6, 6.07) is 4.40. The number of aryl methyl sites for hydroxylation is 2. The van der Waals surface area contributed by atoms with Gasteiger partial charge in [0.25, 0.3) is 0 Å². The van der Waals surface area contributed by atoms with Crippen molar-refractivity contribution in [3.8, 4) is 0 Å². The van der Waals surface area contributed by atoms with Crippen molar-refractivity contribution in [2.45, 2.75) is 26.1 Å². The summed E-state index contributed by atoms with van der Waals surface area (Å²) >= 11 is 7.73. The fourth-order valence-corrected chi connectivity index (χ4v) is 3.22. The Kier molecular flexibility index (Phi) is 2.80. The minimum atomic E-state index is 0.621. The molecular weight excluding hydrogens is 212 g/mol. The summed E-state index contributed by atoms with van der Waals surface area (Å²) in [7, 11) is 0. The van der Waals surface area contributed by atoms with Gasteiger partial charge in [0.2, 0.25) is 0 Å². The largest absolute Gasteiger partial charge is 0.143 e. The van der Waals surface area contributed by atoms with E-state index in [9.17, 15) is 0 Å². The summed E-state index contributed by atoms with van der Waals surface area (Å²) in [5.74, 6) is 0.621. The summed E-state index contributed by atoms with van der Waals surface area (Å²) in [5, 5.41) is 3.57. The number of alkyl halides is 1. The van der Waals surface area contributed by atoms with Crippen molar-refractivity contribution in [1.29, 1.82) is 0 Å². The number of halogens is 1. The van der Waals surface area contributed by atoms with Crippen LogP contribution in [0, 0.1) is 6.92 Å². The Bertz CT molecular complexity index is 457. The quantitative estimate of drug-likeness (QED) is 0.659. The molecule has 0 atom stereocenters. The molecule has 2 rings (SSSR count). The van der Waals surface area contributed by atoms with Crippen LogP contribution in [0.5, 0.6) is 0 Å². The first kappa shape index (κ1) is 10.0. The highest BCUT2D eigenvalue weighted by molar-refractivity contribution is 7.17. The predicted octanol–water partition coefficient (Wildman–Crippen LogP) is 4.51. The van der Waals surface area contributed by atoms with Gasteiger partial charge >= 0.3 is 0 Å². The summed E-state index contributed by atoms with van der Waals surface area (Å²) in [4.78, 5) is 0. The lowest BCUT2D eigenvalue weighted by molar-refractivity contribution is 1.13. The van der Waals surface area contributed by atoms with E-state index >= 15 is 0 Å². The minimum Gasteiger partial charge on any atom is -0.143 e. The summed E-state index contributed by atoms with van der Waals surface area (Å²) in [6.07, 6.45) is 1.09. The van der Waals surface area contributed by atoms with Crippen LogP contribution in [-0.4, -0.2) is 0 Å². The van der Waals surface area contributed by atoms with Gasteiger partial charge in [0.05, 0.1) is 0 Å². The van der Waals surface area contributed by atoms with Crippen LogP contribution >= 0.6 is 22.9 Å². The average Bonchev–Trinajstić information content (AvgIpc) is 2.61. The minimum absolute atomic E-state index is 0.621. The van der Waals surface area contributed by atoms with E-state index < -0.39 is 0 Å². The van der Waals surface area contributed by atoms with Gasteiger partial charge in [-0.3, -0.25) is 0 Å². The maximum Gasteiger partial charge on any atom is 0.0488 e. The van der Waals surface area contributed by atoms with Crippen molar-refractivity contribution < 1.29 is 0 Å². The number of thiophene rings is 1. The van der Waals surface area contributed by atoms with Gasteiger partial charge in [-0.25, -0.2) is 0 Å². The van der Waals surface area contributed by atoms with Crippen LogP contribution in [0.1, 0.15) is 23.6 Å². The van der Waals surface area contributed by atoms with E-state index in [-0.39, 0.29) is 0 Å². The van der Waals surface area contributed by atoms with Gasteiger partial charge in [0.15, 0.2) is 0 Å². The second-order valence-corrected chi connectivity index (χ2v) is 4.66. The molecule has 0 saturated carbocycles. The fraction of sp³-hybridized carbons (Fsp3) is 0.333. The molecule has 0 aliphatic heterocycles. The molecule has 2 heteroatoms. The smallest absolute Gasteiger partial charge is 0.0488 e. The number of hydrogen-bond acceptors (Lipinski definition) is 1. The number of benzene rings is 1. The Morgan fingerprint density at radius 3 is 2.79 bits per heavy atom. The molecule has 0 fully saturated rings. The second-order valence-electron chi connectivity index (χ2n) is 3.48. The van der Waals surface area contributed by atoms with Crippen LogP contribution in [0.3, 0.4) is 0 Å². The summed E-state index contributed by atoms with van der Waals surface area (Å²) in [6.45, 7) is 4.38. The monoisotopic (exact) mass is 224 g/mol. The Morgan fingerprint density at radius 2 is 2.14 bits per heavy atom. The van der Waals surface area contributed by atoms with E-state index in [4.69, 9.17) is 11.6 Å². The maximum absolute atomic E-state index is 5.94. The molecule has 0 radical (unpaired) electrons. The van der Waals surface area contributed by atoms with E-state index in [1.165, 1.54) is 26.8 Å². The third-order valence-electron chi connectivity index (χ3n) is 2.66. The first-order valence-electron chi connectivity index (χ1n) is 4.82. The van der Waals surface area contributed by atoms with Crippen LogP contribution in [0.4, 0.5) is 0 Å². The zero-order valence-electron chi connectivity index (χ0n) is 8.43. The van der Waals surface area contributed by atoms with Gasteiger partial charge < -0.3 is 0 Å². The van der Waals surface area contributed by atoms with E-state index in [1.807, 2.05) is 0 Å². The molecule has 0 saturated heterocycles. The zero-order valence-corrected chi connectivity index (χ0v) is 10.0. The number of fused-ring (bicyclic) bond motifs is 1. The van der Waals surface area contributed by atoms with Crippen molar-refractivity contribution in [1.82, 2.24) is 0 Å². The lowest BCUT2D eigenvalue weighted by atomic mass is 10.00. The lowest BCUT2D eigenvalue weighted by Crippen LogP contribution is -1.88. The first-order chi connectivity index (χ1) is 6.77. The van der Waals surface area contributed by atoms with E-state index in [2.05, 4.69) is 31.4 Å². The molecule has 14 heavy (non-hydrogen) atoms. The second kappa shape index (κ2) is 3.92. The first-order valence-corrected chi connectivity index (χ1v) is 6.23. The highest BCUT2D eigenvalue weighted by Crippen LogP contribution is 2.32. The third kappa shape index (κ3) is 1.45. The Labute approximate surface area is 93.5 Å². The molecule has 2 aromatic rings. The van der Waals surface area contributed by atoms with Crippen LogP contribution in [-0.2, 0) is 12.3 Å². The summed E-state index contributed by atoms with van der Waals surface area (Å²) in [5.41, 5.74) is 4.12. The van der Waals surface area contributed by atoms with Crippen LogP contribution in [0.2, 0.25) is 0 Å². The van der Waals surface area contributed by atoms with Gasteiger partial charge in [-0.1, -0.05) is 13.0 Å². The Balaban J connectivity index is 2.81. The van der Waals surface area contributed by atoms with Gasteiger partial charge in [0, 0.05) is 16.0 Å². The SMILES string of the molecule is CCc1c(C)ccc2scc(CCl)c12. The lowest BCUT2D eigenvalue weighted by Gasteiger charge is -2.06. The molecule has 0 aliphatic rings. The molecular formula is C12H13ClS. The number of hydrogen-bond donors (Lipinski definition) is 0. The Morgan fingerprint density at radius 1 is 1.36 bits per heavy atom. The van der Waals surface area contributed by atoms with Crippen LogP contribution in [0.15, 0.2) is 17.5 Å². The fourth-order valence-electron chi connectivity index (χ4n) is 1.93. The normalized spacial score (nSPS) is 11.1. The molecule has 1 heterocycles. The third-order valence-corrected chi connectivity index (χ3v) is 3.94. The van der Waals surface area contributed by atoms with Crippen molar-refractivity contribution in [3.63, 3.8) is 0 Å². The van der Waals surface area contributed by atoms with Crippen molar-refractivity contribution in [2.75, 3.05) is 0 Å². The molecule has 74 valence electrons. The van der Waals surface area contributed by atoms with Gasteiger partial charge in [-0.15, -0.1) is 22.9 Å². The van der Waals surface area contributed by atoms with Crippen molar-refractivity contribution in [2.24, 2.45) is 0 Å². The molecule has 0 nitrogen and oxygen atoms in total. The van der Waals surface area contributed by atoms with E-state index in [1.54, 1.807) is 11.3 Å². The zero-order chi connectivity index (χ0) is 10.1. The van der Waals surface area contributed by atoms with Crippen molar-refractivity contribution >= 4 is 33.0 Å². The van der Waals surface area contributed by atoms with Gasteiger partial charge in [-0.05, 0) is 41.5 Å². The predicted molar refractivity (Wildman–Crippen MR) is 65.5 cm³/mol. The molecule has 0 unspecified atom stereocenters. The standard InChI is InChI=1S/C12H13ClS/c1-3-10-8(2)4-5-11-12(10)9(6-13)7-14-11/h4-5,7H,3,6H2,1-2H3. The molecule has 0 bridgehead atoms. The highest BCUT2D eigenvalue weighted by Gasteiger charge is 2.08. The van der Waals surface area contributed by atoms with E-state index in [0.717, 1.165) is 6.42 Å². The molecule has 0 amide bonds. The number of rotatable bonds is 2. The summed E-state index contributed by atoms with van der Waals surface area (Å²) < 4.78 is 1.36. The van der Waals surface area contributed by atoms with Crippen LogP contribution in [0.25, 0.3) is 10.1 Å². The highest BCUT2D eigenvalue weighted by atomic mass is 35.5. The molecule has 0 spiro atoms. The van der Waals surface area contributed by atoms with Gasteiger partial charge in [0.1, 0.15) is 0 Å². The topological polar surface area (TPSA) is 0 Å². The van der Waals surface area contributed by atoms with Crippen molar-refractivity contribution in [3.05, 3.63) is 34.2 Å². The molecule has 0 aliphatic carbocycles. The Hall–Kier alpha value is -0.530. The van der Waals surface area contributed by atoms with E-state index in [0.29, 0.717) is 5.88 Å². The van der Waals surface area contributed by atoms with Crippen LogP contribution < -0.4 is 0 Å². The molecule has 0 N–H and O–H groups in total. The molecule has 1 aromatic carbocycles. The molecule has 1 aromatic heterocycles. The van der Waals surface area contributed by atoms with Gasteiger partial charge in [-0.2, -0.15) is 0 Å².